The molecule has 1 aliphatic rings. The van der Waals surface area contributed by atoms with Crippen LogP contribution >= 0.6 is 0 Å². The van der Waals surface area contributed by atoms with Crippen LogP contribution in [-0.2, 0) is 27.8 Å². The van der Waals surface area contributed by atoms with Crippen LogP contribution in [0.25, 0.3) is 0 Å². The molecule has 6 heteroatoms. The van der Waals surface area contributed by atoms with Crippen molar-refractivity contribution in [3.05, 3.63) is 65.2 Å². The molecule has 2 aromatic carbocycles. The van der Waals surface area contributed by atoms with Gasteiger partial charge >= 0.3 is 0 Å². The summed E-state index contributed by atoms with van der Waals surface area (Å²) in [7, 11) is -3.62. The molecule has 0 unspecified atom stereocenters. The summed E-state index contributed by atoms with van der Waals surface area (Å²) < 4.78 is 27.8. The molecule has 2 aromatic rings. The highest BCUT2D eigenvalue weighted by Crippen LogP contribution is 2.33. The van der Waals surface area contributed by atoms with E-state index in [1.807, 2.05) is 50.2 Å². The van der Waals surface area contributed by atoms with E-state index in [1.165, 1.54) is 4.31 Å². The molecule has 1 heterocycles. The maximum atomic E-state index is 13.2. The van der Waals surface area contributed by atoms with Crippen LogP contribution < -0.4 is 5.32 Å². The molecule has 3 rings (SSSR count). The maximum Gasteiger partial charge on any atom is 0.243 e. The Morgan fingerprint density at radius 3 is 2.50 bits per heavy atom. The van der Waals surface area contributed by atoms with Gasteiger partial charge in [-0.05, 0) is 61.9 Å². The standard InChI is InChI=1S/C24H32N2O3S/c1-4-8-20-11-13-22(14-12-20)30(28,29)26-16-7-15-24(3,18-26)23(27)25-17-21-10-6-5-9-19(21)2/h5-6,9-14H,4,7-8,15-18H2,1-3H3,(H,25,27)/t24-/m0/s1. The van der Waals surface area contributed by atoms with Gasteiger partial charge in [0.25, 0.3) is 0 Å². The van der Waals surface area contributed by atoms with E-state index < -0.39 is 15.4 Å². The summed E-state index contributed by atoms with van der Waals surface area (Å²) in [5.41, 5.74) is 2.59. The van der Waals surface area contributed by atoms with Crippen LogP contribution in [0.4, 0.5) is 0 Å². The molecule has 1 aliphatic heterocycles. The fourth-order valence-corrected chi connectivity index (χ4v) is 5.65. The molecule has 0 aromatic heterocycles. The Hall–Kier alpha value is -2.18. The Balaban J connectivity index is 1.71. The van der Waals surface area contributed by atoms with Gasteiger partial charge in [0.1, 0.15) is 0 Å². The van der Waals surface area contributed by atoms with E-state index in [4.69, 9.17) is 0 Å². The number of sulfonamides is 1. The zero-order chi connectivity index (χ0) is 21.8. The third-order valence-corrected chi connectivity index (χ3v) is 7.87. The van der Waals surface area contributed by atoms with Gasteiger partial charge in [0.2, 0.25) is 15.9 Å². The second-order valence-corrected chi connectivity index (χ2v) is 10.4. The lowest BCUT2D eigenvalue weighted by atomic mass is 9.82. The Bertz CT molecular complexity index is 986. The second kappa shape index (κ2) is 9.31. The molecule has 1 N–H and O–H groups in total. The third kappa shape index (κ3) is 4.93. The monoisotopic (exact) mass is 428 g/mol. The highest BCUT2D eigenvalue weighted by atomic mass is 32.2. The number of carbonyl (C=O) groups excluding carboxylic acids is 1. The van der Waals surface area contributed by atoms with Crippen molar-refractivity contribution in [2.45, 2.75) is 57.9 Å². The summed E-state index contributed by atoms with van der Waals surface area (Å²) in [4.78, 5) is 13.3. The number of piperidine rings is 1. The fourth-order valence-electron chi connectivity index (χ4n) is 4.05. The number of hydrogen-bond donors (Lipinski definition) is 1. The molecule has 30 heavy (non-hydrogen) atoms. The minimum atomic E-state index is -3.62. The van der Waals surface area contributed by atoms with Crippen LogP contribution in [-0.4, -0.2) is 31.7 Å². The lowest BCUT2D eigenvalue weighted by Gasteiger charge is -2.38. The van der Waals surface area contributed by atoms with Crippen LogP contribution in [0, 0.1) is 12.3 Å². The van der Waals surface area contributed by atoms with Gasteiger partial charge in [0.15, 0.2) is 0 Å². The summed E-state index contributed by atoms with van der Waals surface area (Å²) >= 11 is 0. The van der Waals surface area contributed by atoms with Gasteiger partial charge in [-0.3, -0.25) is 4.79 Å². The van der Waals surface area contributed by atoms with E-state index in [2.05, 4.69) is 12.2 Å². The molecule has 1 saturated heterocycles. The van der Waals surface area contributed by atoms with E-state index in [0.29, 0.717) is 30.8 Å². The van der Waals surface area contributed by atoms with Crippen molar-refractivity contribution in [2.75, 3.05) is 13.1 Å². The van der Waals surface area contributed by atoms with Crippen molar-refractivity contribution in [2.24, 2.45) is 5.41 Å². The fraction of sp³-hybridized carbons (Fsp3) is 0.458. The summed E-state index contributed by atoms with van der Waals surface area (Å²) in [5.74, 6) is -0.0936. The maximum absolute atomic E-state index is 13.2. The van der Waals surface area contributed by atoms with Gasteiger partial charge in [0, 0.05) is 19.6 Å². The first kappa shape index (κ1) is 22.5. The predicted molar refractivity (Wildman–Crippen MR) is 120 cm³/mol. The SMILES string of the molecule is CCCc1ccc(S(=O)(=O)N2CCC[C@](C)(C(=O)NCc3ccccc3C)C2)cc1. The van der Waals surface area contributed by atoms with Crippen molar-refractivity contribution in [3.63, 3.8) is 0 Å². The van der Waals surface area contributed by atoms with Crippen molar-refractivity contribution >= 4 is 15.9 Å². The number of hydrogen-bond acceptors (Lipinski definition) is 3. The number of aryl methyl sites for hydroxylation is 2. The molecule has 1 fully saturated rings. The quantitative estimate of drug-likeness (QED) is 0.723. The number of rotatable bonds is 7. The normalized spacial score (nSPS) is 20.1. The van der Waals surface area contributed by atoms with Crippen molar-refractivity contribution in [3.8, 4) is 0 Å². The zero-order valence-electron chi connectivity index (χ0n) is 18.1. The lowest BCUT2D eigenvalue weighted by molar-refractivity contribution is -0.132. The first-order valence-corrected chi connectivity index (χ1v) is 12.1. The Labute approximate surface area is 180 Å². The highest BCUT2D eigenvalue weighted by Gasteiger charge is 2.41. The average molecular weight is 429 g/mol. The number of nitrogens with one attached hydrogen (secondary N) is 1. The summed E-state index contributed by atoms with van der Waals surface area (Å²) in [6.07, 6.45) is 3.30. The number of carbonyl (C=O) groups is 1. The van der Waals surface area contributed by atoms with Crippen LogP contribution in [0.1, 0.15) is 49.8 Å². The minimum Gasteiger partial charge on any atom is -0.352 e. The minimum absolute atomic E-state index is 0.0936. The smallest absolute Gasteiger partial charge is 0.243 e. The van der Waals surface area contributed by atoms with Crippen LogP contribution in [0.3, 0.4) is 0 Å². The van der Waals surface area contributed by atoms with Crippen LogP contribution in [0.15, 0.2) is 53.4 Å². The van der Waals surface area contributed by atoms with E-state index >= 15 is 0 Å². The van der Waals surface area contributed by atoms with Crippen LogP contribution in [0.2, 0.25) is 0 Å². The predicted octanol–water partition coefficient (Wildman–Crippen LogP) is 4.05. The highest BCUT2D eigenvalue weighted by molar-refractivity contribution is 7.89. The molecule has 1 amide bonds. The first-order valence-electron chi connectivity index (χ1n) is 10.7. The lowest BCUT2D eigenvalue weighted by Crippen LogP contribution is -2.51. The van der Waals surface area contributed by atoms with Gasteiger partial charge in [0.05, 0.1) is 10.3 Å². The molecule has 0 radical (unpaired) electrons. The number of benzene rings is 2. The topological polar surface area (TPSA) is 66.5 Å². The zero-order valence-corrected chi connectivity index (χ0v) is 19.0. The van der Waals surface area contributed by atoms with Crippen molar-refractivity contribution < 1.29 is 13.2 Å². The first-order chi connectivity index (χ1) is 14.3. The number of amides is 1. The summed E-state index contributed by atoms with van der Waals surface area (Å²) in [6, 6.07) is 15.1. The second-order valence-electron chi connectivity index (χ2n) is 8.51. The van der Waals surface area contributed by atoms with E-state index in [1.54, 1.807) is 12.1 Å². The molecular weight excluding hydrogens is 396 g/mol. The average Bonchev–Trinajstić information content (AvgIpc) is 2.73. The van der Waals surface area contributed by atoms with Crippen molar-refractivity contribution in [1.29, 1.82) is 0 Å². The van der Waals surface area contributed by atoms with Gasteiger partial charge in [-0.25, -0.2) is 8.42 Å². The molecular formula is C24H32N2O3S. The van der Waals surface area contributed by atoms with Gasteiger partial charge in [-0.15, -0.1) is 0 Å². The molecule has 0 bridgehead atoms. The van der Waals surface area contributed by atoms with E-state index in [9.17, 15) is 13.2 Å². The number of nitrogens with zero attached hydrogens (tertiary/aromatic N) is 1. The summed E-state index contributed by atoms with van der Waals surface area (Å²) in [6.45, 7) is 7.08. The van der Waals surface area contributed by atoms with Gasteiger partial charge in [-0.2, -0.15) is 4.31 Å². The Kier molecular flexibility index (Phi) is 6.98. The summed E-state index contributed by atoms with van der Waals surface area (Å²) in [5, 5.41) is 3.02. The molecule has 0 aliphatic carbocycles. The van der Waals surface area contributed by atoms with Crippen molar-refractivity contribution in [1.82, 2.24) is 9.62 Å². The Morgan fingerprint density at radius 1 is 1.13 bits per heavy atom. The molecule has 162 valence electrons. The molecule has 0 spiro atoms. The van der Waals surface area contributed by atoms with Gasteiger partial charge < -0.3 is 5.32 Å². The van der Waals surface area contributed by atoms with E-state index in [-0.39, 0.29) is 12.5 Å². The Morgan fingerprint density at radius 2 is 1.83 bits per heavy atom. The molecule has 0 saturated carbocycles. The third-order valence-electron chi connectivity index (χ3n) is 6.01. The van der Waals surface area contributed by atoms with Gasteiger partial charge in [-0.1, -0.05) is 49.7 Å². The molecule has 5 nitrogen and oxygen atoms in total. The largest absolute Gasteiger partial charge is 0.352 e. The molecule has 1 atom stereocenters. The van der Waals surface area contributed by atoms with Crippen LogP contribution in [0.5, 0.6) is 0 Å². The van der Waals surface area contributed by atoms with E-state index in [0.717, 1.165) is 29.5 Å².